The largest absolute Gasteiger partial charge is 0.311 e. The highest BCUT2D eigenvalue weighted by atomic mass is 19.1. The standard InChI is InChI=1S/C16H25FN2/c1-4-7-14-11-19(12(2)10-18-14)13(3)15-8-5-6-9-16(15)17/h5-6,8-9,12-14,18H,4,7,10-11H2,1-3H3. The average Bonchev–Trinajstić information content (AvgIpc) is 2.41. The van der Waals surface area contributed by atoms with Gasteiger partial charge in [0.05, 0.1) is 0 Å². The normalized spacial score (nSPS) is 26.3. The van der Waals surface area contributed by atoms with Gasteiger partial charge in [-0.25, -0.2) is 4.39 Å². The van der Waals surface area contributed by atoms with E-state index in [1.807, 2.05) is 12.1 Å². The van der Waals surface area contributed by atoms with E-state index in [1.54, 1.807) is 12.1 Å². The summed E-state index contributed by atoms with van der Waals surface area (Å²) in [5.74, 6) is -0.0900. The van der Waals surface area contributed by atoms with Crippen molar-refractivity contribution in [2.45, 2.75) is 51.7 Å². The van der Waals surface area contributed by atoms with Crippen LogP contribution in [0.3, 0.4) is 0 Å². The molecular formula is C16H25FN2. The van der Waals surface area contributed by atoms with Crippen LogP contribution in [0.15, 0.2) is 24.3 Å². The molecule has 1 aliphatic rings. The average molecular weight is 264 g/mol. The van der Waals surface area contributed by atoms with E-state index < -0.39 is 0 Å². The highest BCUT2D eigenvalue weighted by Crippen LogP contribution is 2.26. The molecule has 106 valence electrons. The molecule has 0 amide bonds. The van der Waals surface area contributed by atoms with Crippen LogP contribution in [0.2, 0.25) is 0 Å². The van der Waals surface area contributed by atoms with E-state index in [-0.39, 0.29) is 11.9 Å². The summed E-state index contributed by atoms with van der Waals surface area (Å²) >= 11 is 0. The van der Waals surface area contributed by atoms with Crippen molar-refractivity contribution in [1.82, 2.24) is 10.2 Å². The van der Waals surface area contributed by atoms with E-state index in [0.29, 0.717) is 12.1 Å². The Bertz CT molecular complexity index is 407. The summed E-state index contributed by atoms with van der Waals surface area (Å²) < 4.78 is 13.9. The summed E-state index contributed by atoms with van der Waals surface area (Å²) in [5.41, 5.74) is 0.812. The monoisotopic (exact) mass is 264 g/mol. The lowest BCUT2D eigenvalue weighted by atomic mass is 9.99. The van der Waals surface area contributed by atoms with Crippen LogP contribution in [0, 0.1) is 5.82 Å². The van der Waals surface area contributed by atoms with Crippen molar-refractivity contribution >= 4 is 0 Å². The number of nitrogens with zero attached hydrogens (tertiary/aromatic N) is 1. The summed E-state index contributed by atoms with van der Waals surface area (Å²) in [5, 5.41) is 3.59. The minimum atomic E-state index is -0.0900. The summed E-state index contributed by atoms with van der Waals surface area (Å²) in [7, 11) is 0. The number of hydrogen-bond acceptors (Lipinski definition) is 2. The van der Waals surface area contributed by atoms with Crippen molar-refractivity contribution in [2.75, 3.05) is 13.1 Å². The van der Waals surface area contributed by atoms with Gasteiger partial charge in [-0.3, -0.25) is 4.90 Å². The van der Waals surface area contributed by atoms with Gasteiger partial charge in [-0.2, -0.15) is 0 Å². The van der Waals surface area contributed by atoms with E-state index in [9.17, 15) is 4.39 Å². The number of hydrogen-bond donors (Lipinski definition) is 1. The molecule has 3 heteroatoms. The highest BCUT2D eigenvalue weighted by molar-refractivity contribution is 5.21. The molecule has 1 fully saturated rings. The molecule has 1 aliphatic heterocycles. The van der Waals surface area contributed by atoms with Crippen molar-refractivity contribution in [1.29, 1.82) is 0 Å². The zero-order valence-corrected chi connectivity index (χ0v) is 12.2. The Morgan fingerprint density at radius 1 is 1.42 bits per heavy atom. The van der Waals surface area contributed by atoms with E-state index in [0.717, 1.165) is 18.7 Å². The molecule has 1 aromatic carbocycles. The minimum absolute atomic E-state index is 0.0900. The third-order valence-corrected chi connectivity index (χ3v) is 4.19. The Hall–Kier alpha value is -0.930. The zero-order chi connectivity index (χ0) is 13.8. The second-order valence-corrected chi connectivity index (χ2v) is 5.64. The van der Waals surface area contributed by atoms with Gasteiger partial charge in [0.2, 0.25) is 0 Å². The van der Waals surface area contributed by atoms with Gasteiger partial charge in [0.25, 0.3) is 0 Å². The smallest absolute Gasteiger partial charge is 0.127 e. The number of nitrogens with one attached hydrogen (secondary N) is 1. The number of benzene rings is 1. The molecule has 1 N–H and O–H groups in total. The maximum Gasteiger partial charge on any atom is 0.127 e. The fourth-order valence-electron chi connectivity index (χ4n) is 3.03. The van der Waals surface area contributed by atoms with Crippen LogP contribution >= 0.6 is 0 Å². The predicted octanol–water partition coefficient (Wildman–Crippen LogP) is 3.35. The Balaban J connectivity index is 2.12. The fraction of sp³-hybridized carbons (Fsp3) is 0.625. The second kappa shape index (κ2) is 6.49. The molecule has 1 aromatic rings. The molecule has 3 unspecified atom stereocenters. The van der Waals surface area contributed by atoms with Crippen LogP contribution in [0.1, 0.15) is 45.2 Å². The van der Waals surface area contributed by atoms with Crippen molar-refractivity contribution < 1.29 is 4.39 Å². The van der Waals surface area contributed by atoms with E-state index in [4.69, 9.17) is 0 Å². The second-order valence-electron chi connectivity index (χ2n) is 5.64. The summed E-state index contributed by atoms with van der Waals surface area (Å²) in [6.07, 6.45) is 2.38. The maximum atomic E-state index is 13.9. The zero-order valence-electron chi connectivity index (χ0n) is 12.2. The Kier molecular flexibility index (Phi) is 4.94. The van der Waals surface area contributed by atoms with Gasteiger partial charge in [-0.05, 0) is 26.3 Å². The Morgan fingerprint density at radius 3 is 2.84 bits per heavy atom. The third kappa shape index (κ3) is 3.34. The molecule has 1 heterocycles. The van der Waals surface area contributed by atoms with Crippen LogP contribution in [0.25, 0.3) is 0 Å². The van der Waals surface area contributed by atoms with Crippen LogP contribution in [0.5, 0.6) is 0 Å². The molecule has 1 saturated heterocycles. The number of piperazine rings is 1. The molecule has 0 radical (unpaired) electrons. The van der Waals surface area contributed by atoms with E-state index >= 15 is 0 Å². The lowest BCUT2D eigenvalue weighted by Crippen LogP contribution is -2.55. The Morgan fingerprint density at radius 2 is 2.16 bits per heavy atom. The lowest BCUT2D eigenvalue weighted by molar-refractivity contribution is 0.0942. The highest BCUT2D eigenvalue weighted by Gasteiger charge is 2.29. The summed E-state index contributed by atoms with van der Waals surface area (Å²) in [6, 6.07) is 8.26. The van der Waals surface area contributed by atoms with Crippen LogP contribution in [-0.4, -0.2) is 30.1 Å². The first-order valence-corrected chi connectivity index (χ1v) is 7.37. The summed E-state index contributed by atoms with van der Waals surface area (Å²) in [4.78, 5) is 2.43. The molecule has 19 heavy (non-hydrogen) atoms. The van der Waals surface area contributed by atoms with Gasteiger partial charge in [0.15, 0.2) is 0 Å². The fourth-order valence-corrected chi connectivity index (χ4v) is 3.03. The molecule has 0 bridgehead atoms. The SMILES string of the molecule is CCCC1CN(C(C)c2ccccc2F)C(C)CN1. The lowest BCUT2D eigenvalue weighted by Gasteiger charge is -2.42. The molecular weight excluding hydrogens is 239 g/mol. The van der Waals surface area contributed by atoms with E-state index in [1.165, 1.54) is 12.8 Å². The third-order valence-electron chi connectivity index (χ3n) is 4.19. The molecule has 0 aliphatic carbocycles. The van der Waals surface area contributed by atoms with Crippen LogP contribution < -0.4 is 5.32 Å². The molecule has 2 rings (SSSR count). The molecule has 0 saturated carbocycles. The predicted molar refractivity (Wildman–Crippen MR) is 77.7 cm³/mol. The molecule has 0 spiro atoms. The van der Waals surface area contributed by atoms with Gasteiger partial charge in [0, 0.05) is 36.8 Å². The maximum absolute atomic E-state index is 13.9. The Labute approximate surface area is 116 Å². The molecule has 0 aromatic heterocycles. The van der Waals surface area contributed by atoms with Crippen molar-refractivity contribution in [3.05, 3.63) is 35.6 Å². The van der Waals surface area contributed by atoms with Gasteiger partial charge in [0.1, 0.15) is 5.82 Å². The van der Waals surface area contributed by atoms with Crippen molar-refractivity contribution in [3.63, 3.8) is 0 Å². The number of rotatable bonds is 4. The van der Waals surface area contributed by atoms with Gasteiger partial charge < -0.3 is 5.32 Å². The molecule has 3 atom stereocenters. The first-order chi connectivity index (χ1) is 9.13. The molecule has 2 nitrogen and oxygen atoms in total. The summed E-state index contributed by atoms with van der Waals surface area (Å²) in [6.45, 7) is 8.54. The van der Waals surface area contributed by atoms with Crippen molar-refractivity contribution in [3.8, 4) is 0 Å². The van der Waals surface area contributed by atoms with Crippen LogP contribution in [-0.2, 0) is 0 Å². The van der Waals surface area contributed by atoms with Crippen LogP contribution in [0.4, 0.5) is 4.39 Å². The first-order valence-electron chi connectivity index (χ1n) is 7.37. The van der Waals surface area contributed by atoms with E-state index in [2.05, 4.69) is 31.0 Å². The van der Waals surface area contributed by atoms with Gasteiger partial charge in [-0.15, -0.1) is 0 Å². The minimum Gasteiger partial charge on any atom is -0.311 e. The van der Waals surface area contributed by atoms with Gasteiger partial charge in [-0.1, -0.05) is 31.5 Å². The van der Waals surface area contributed by atoms with Gasteiger partial charge >= 0.3 is 0 Å². The number of halogens is 1. The topological polar surface area (TPSA) is 15.3 Å². The van der Waals surface area contributed by atoms with Crippen molar-refractivity contribution in [2.24, 2.45) is 0 Å². The quantitative estimate of drug-likeness (QED) is 0.897. The first kappa shape index (κ1) is 14.5.